The van der Waals surface area contributed by atoms with Crippen molar-refractivity contribution in [2.45, 2.75) is 52.2 Å². The number of benzene rings is 2. The SMILES string of the molecule is CC(C)(C)OC(=O)CC1CCN(Cc2cc3c(-c4cc5ccccc5o4)cncc3cc2N)CC1. The van der Waals surface area contributed by atoms with E-state index in [0.717, 1.165) is 76.8 Å². The summed E-state index contributed by atoms with van der Waals surface area (Å²) in [5.41, 5.74) is 9.75. The van der Waals surface area contributed by atoms with Crippen LogP contribution in [0.4, 0.5) is 5.69 Å². The van der Waals surface area contributed by atoms with E-state index in [9.17, 15) is 4.79 Å². The molecular formula is C29H33N3O3. The van der Waals surface area contributed by atoms with Gasteiger partial charge in [0.2, 0.25) is 0 Å². The molecule has 1 saturated heterocycles. The van der Waals surface area contributed by atoms with Crippen molar-refractivity contribution in [2.24, 2.45) is 5.92 Å². The van der Waals surface area contributed by atoms with Crippen LogP contribution in [0.1, 0.15) is 45.6 Å². The highest BCUT2D eigenvalue weighted by atomic mass is 16.6. The second-order valence-electron chi connectivity index (χ2n) is 10.6. The number of esters is 1. The standard InChI is InChI=1S/C29H33N3O3/c1-29(2,3)35-28(33)12-19-8-10-32(11-9-19)18-22-13-23-21(14-25(22)30)16-31-17-24(23)27-15-20-6-4-5-7-26(20)34-27/h4-7,13-17,19H,8-12,18,30H2,1-3H3. The summed E-state index contributed by atoms with van der Waals surface area (Å²) in [6, 6.07) is 14.3. The van der Waals surface area contributed by atoms with Gasteiger partial charge in [0.1, 0.15) is 16.9 Å². The van der Waals surface area contributed by atoms with Gasteiger partial charge in [-0.05, 0) is 87.8 Å². The molecule has 3 heterocycles. The van der Waals surface area contributed by atoms with E-state index in [1.165, 1.54) is 0 Å². The van der Waals surface area contributed by atoms with Crippen molar-refractivity contribution < 1.29 is 13.9 Å². The van der Waals surface area contributed by atoms with E-state index in [-0.39, 0.29) is 5.97 Å². The highest BCUT2D eigenvalue weighted by molar-refractivity contribution is 5.98. The molecule has 1 fully saturated rings. The van der Waals surface area contributed by atoms with Crippen molar-refractivity contribution in [3.63, 3.8) is 0 Å². The zero-order valence-electron chi connectivity index (χ0n) is 20.7. The molecule has 5 rings (SSSR count). The van der Waals surface area contributed by atoms with Crippen molar-refractivity contribution in [3.8, 4) is 11.3 Å². The van der Waals surface area contributed by atoms with Gasteiger partial charge in [0.05, 0.1) is 0 Å². The molecule has 35 heavy (non-hydrogen) atoms. The van der Waals surface area contributed by atoms with E-state index in [2.05, 4.69) is 28.1 Å². The Morgan fingerprint density at radius 3 is 2.63 bits per heavy atom. The average molecular weight is 472 g/mol. The summed E-state index contributed by atoms with van der Waals surface area (Å²) in [5.74, 6) is 1.09. The summed E-state index contributed by atoms with van der Waals surface area (Å²) in [7, 11) is 0. The number of nitrogen functional groups attached to an aromatic ring is 1. The average Bonchev–Trinajstić information content (AvgIpc) is 3.23. The first-order chi connectivity index (χ1) is 16.7. The molecule has 0 bridgehead atoms. The van der Waals surface area contributed by atoms with Gasteiger partial charge in [-0.2, -0.15) is 0 Å². The number of carbonyl (C=O) groups is 1. The van der Waals surface area contributed by atoms with Gasteiger partial charge in [-0.1, -0.05) is 18.2 Å². The molecule has 0 aliphatic carbocycles. The second kappa shape index (κ2) is 9.34. The number of carbonyl (C=O) groups excluding carboxylic acids is 1. The van der Waals surface area contributed by atoms with Gasteiger partial charge in [-0.25, -0.2) is 0 Å². The second-order valence-corrected chi connectivity index (χ2v) is 10.6. The maximum absolute atomic E-state index is 12.2. The summed E-state index contributed by atoms with van der Waals surface area (Å²) in [6.07, 6.45) is 6.19. The van der Waals surface area contributed by atoms with E-state index in [0.29, 0.717) is 12.3 Å². The molecule has 0 unspecified atom stereocenters. The van der Waals surface area contributed by atoms with Crippen LogP contribution in [0, 0.1) is 5.92 Å². The third-order valence-corrected chi connectivity index (χ3v) is 6.69. The van der Waals surface area contributed by atoms with Gasteiger partial charge in [0, 0.05) is 47.4 Å². The van der Waals surface area contributed by atoms with Crippen LogP contribution in [-0.4, -0.2) is 34.5 Å². The van der Waals surface area contributed by atoms with E-state index >= 15 is 0 Å². The molecule has 0 atom stereocenters. The number of hydrogen-bond acceptors (Lipinski definition) is 6. The number of aromatic nitrogens is 1. The molecule has 1 aliphatic rings. The quantitative estimate of drug-likeness (QED) is 0.277. The Hall–Kier alpha value is -3.38. The number of hydrogen-bond donors (Lipinski definition) is 1. The molecule has 182 valence electrons. The van der Waals surface area contributed by atoms with Crippen molar-refractivity contribution in [1.82, 2.24) is 9.88 Å². The number of furan rings is 1. The predicted molar refractivity (Wildman–Crippen MR) is 140 cm³/mol. The van der Waals surface area contributed by atoms with Gasteiger partial charge < -0.3 is 14.9 Å². The molecule has 2 aromatic heterocycles. The highest BCUT2D eigenvalue weighted by Crippen LogP contribution is 2.35. The third kappa shape index (κ3) is 5.33. The van der Waals surface area contributed by atoms with Crippen LogP contribution in [0.15, 0.2) is 59.3 Å². The van der Waals surface area contributed by atoms with E-state index < -0.39 is 5.60 Å². The highest BCUT2D eigenvalue weighted by Gasteiger charge is 2.25. The first kappa shape index (κ1) is 23.4. The topological polar surface area (TPSA) is 81.6 Å². The molecule has 2 N–H and O–H groups in total. The van der Waals surface area contributed by atoms with Gasteiger partial charge in [0.25, 0.3) is 0 Å². The molecule has 0 saturated carbocycles. The molecule has 4 aromatic rings. The largest absolute Gasteiger partial charge is 0.460 e. The molecule has 0 spiro atoms. The minimum absolute atomic E-state index is 0.0959. The number of para-hydroxylation sites is 1. The van der Waals surface area contributed by atoms with Crippen LogP contribution in [0.3, 0.4) is 0 Å². The van der Waals surface area contributed by atoms with Crippen molar-refractivity contribution in [3.05, 3.63) is 60.4 Å². The molecule has 6 heteroatoms. The number of ether oxygens (including phenoxy) is 1. The fourth-order valence-electron chi connectivity index (χ4n) is 4.94. The molecule has 2 aromatic carbocycles. The van der Waals surface area contributed by atoms with E-state index in [1.54, 1.807) is 0 Å². The third-order valence-electron chi connectivity index (χ3n) is 6.69. The van der Waals surface area contributed by atoms with Crippen LogP contribution in [0.5, 0.6) is 0 Å². The van der Waals surface area contributed by atoms with Crippen LogP contribution in [0.2, 0.25) is 0 Å². The molecule has 1 aliphatic heterocycles. The molecule has 0 amide bonds. The fraction of sp³-hybridized carbons (Fsp3) is 0.379. The van der Waals surface area contributed by atoms with Gasteiger partial charge in [-0.15, -0.1) is 0 Å². The first-order valence-corrected chi connectivity index (χ1v) is 12.3. The summed E-state index contributed by atoms with van der Waals surface area (Å²) >= 11 is 0. The summed E-state index contributed by atoms with van der Waals surface area (Å²) in [6.45, 7) is 8.41. The lowest BCUT2D eigenvalue weighted by atomic mass is 9.93. The van der Waals surface area contributed by atoms with E-state index in [1.807, 2.05) is 57.4 Å². The first-order valence-electron chi connectivity index (χ1n) is 12.3. The Morgan fingerprint density at radius 1 is 1.11 bits per heavy atom. The van der Waals surface area contributed by atoms with Gasteiger partial charge in [-0.3, -0.25) is 14.7 Å². The lowest BCUT2D eigenvalue weighted by molar-refractivity contribution is -0.156. The number of rotatable bonds is 5. The molecule has 6 nitrogen and oxygen atoms in total. The Balaban J connectivity index is 1.32. The van der Waals surface area contributed by atoms with E-state index in [4.69, 9.17) is 14.9 Å². The minimum Gasteiger partial charge on any atom is -0.460 e. The Morgan fingerprint density at radius 2 is 1.89 bits per heavy atom. The number of nitrogens with two attached hydrogens (primary N) is 1. The maximum Gasteiger partial charge on any atom is 0.306 e. The van der Waals surface area contributed by atoms with Crippen molar-refractivity contribution in [2.75, 3.05) is 18.8 Å². The van der Waals surface area contributed by atoms with Crippen LogP contribution in [-0.2, 0) is 16.1 Å². The van der Waals surface area contributed by atoms with Crippen LogP contribution < -0.4 is 5.73 Å². The Bertz CT molecular complexity index is 1330. The smallest absolute Gasteiger partial charge is 0.306 e. The zero-order valence-corrected chi connectivity index (χ0v) is 20.7. The fourth-order valence-corrected chi connectivity index (χ4v) is 4.94. The molecule has 0 radical (unpaired) electrons. The number of nitrogens with zero attached hydrogens (tertiary/aromatic N) is 2. The minimum atomic E-state index is -0.428. The predicted octanol–water partition coefficient (Wildman–Crippen LogP) is 6.17. The van der Waals surface area contributed by atoms with Crippen LogP contribution in [0.25, 0.3) is 33.1 Å². The van der Waals surface area contributed by atoms with Gasteiger partial charge >= 0.3 is 5.97 Å². The lowest BCUT2D eigenvalue weighted by Crippen LogP contribution is -2.35. The monoisotopic (exact) mass is 471 g/mol. The Labute approximate surface area is 206 Å². The number of piperidine rings is 1. The summed E-state index contributed by atoms with van der Waals surface area (Å²) in [4.78, 5) is 19.1. The number of pyridine rings is 1. The summed E-state index contributed by atoms with van der Waals surface area (Å²) < 4.78 is 11.6. The number of likely N-dealkylation sites (tertiary alicyclic amines) is 1. The number of anilines is 1. The normalized spacial score (nSPS) is 15.6. The summed E-state index contributed by atoms with van der Waals surface area (Å²) in [5, 5.41) is 3.16. The maximum atomic E-state index is 12.2. The lowest BCUT2D eigenvalue weighted by Gasteiger charge is -2.32. The van der Waals surface area contributed by atoms with Crippen LogP contribution >= 0.6 is 0 Å². The van der Waals surface area contributed by atoms with Gasteiger partial charge in [0.15, 0.2) is 0 Å². The number of fused-ring (bicyclic) bond motifs is 2. The van der Waals surface area contributed by atoms with Crippen molar-refractivity contribution >= 4 is 33.4 Å². The zero-order chi connectivity index (χ0) is 24.6. The van der Waals surface area contributed by atoms with Crippen molar-refractivity contribution in [1.29, 1.82) is 0 Å². The molecular weight excluding hydrogens is 438 g/mol. The Kier molecular flexibility index (Phi) is 6.24.